The molecule has 3 rings (SSSR count). The molecule has 1 unspecified atom stereocenters. The summed E-state index contributed by atoms with van der Waals surface area (Å²) in [6, 6.07) is 0.280. The summed E-state index contributed by atoms with van der Waals surface area (Å²) in [4.78, 5) is 22.6. The molecule has 3 N–H and O–H groups in total. The van der Waals surface area contributed by atoms with E-state index in [0.717, 1.165) is 0 Å². The number of carbonyl (C=O) groups is 2. The van der Waals surface area contributed by atoms with Gasteiger partial charge in [-0.3, -0.25) is 14.9 Å². The highest BCUT2D eigenvalue weighted by Crippen LogP contribution is 2.19. The van der Waals surface area contributed by atoms with Crippen LogP contribution in [0.15, 0.2) is 4.42 Å². The Labute approximate surface area is 109 Å². The topological polar surface area (TPSA) is 109 Å². The van der Waals surface area contributed by atoms with E-state index in [0.29, 0.717) is 31.3 Å². The molecule has 1 aromatic rings. The highest BCUT2D eigenvalue weighted by molar-refractivity contribution is 6.01. The quantitative estimate of drug-likeness (QED) is 0.618. The third-order valence-electron chi connectivity index (χ3n) is 3.12. The summed E-state index contributed by atoms with van der Waals surface area (Å²) in [7, 11) is 0. The number of rotatable bonds is 5. The summed E-state index contributed by atoms with van der Waals surface area (Å²) in [5.74, 6) is -0.114. The molecule has 2 amide bonds. The van der Waals surface area contributed by atoms with Gasteiger partial charge in [0.05, 0.1) is 6.54 Å². The van der Waals surface area contributed by atoms with Crippen molar-refractivity contribution >= 4 is 17.8 Å². The van der Waals surface area contributed by atoms with Crippen LogP contribution in [-0.2, 0) is 16.1 Å². The number of aromatic nitrogens is 2. The number of nitrogens with one attached hydrogen (secondary N) is 3. The van der Waals surface area contributed by atoms with Crippen LogP contribution in [0.1, 0.15) is 31.6 Å². The van der Waals surface area contributed by atoms with Gasteiger partial charge in [0, 0.05) is 12.5 Å². The smallest absolute Gasteiger partial charge is 0.316 e. The fourth-order valence-electron chi connectivity index (χ4n) is 1.88. The number of anilines is 1. The van der Waals surface area contributed by atoms with Gasteiger partial charge in [0.15, 0.2) is 0 Å². The van der Waals surface area contributed by atoms with Gasteiger partial charge in [-0.25, -0.2) is 0 Å². The molecule has 8 heteroatoms. The van der Waals surface area contributed by atoms with Crippen molar-refractivity contribution in [3.8, 4) is 0 Å². The van der Waals surface area contributed by atoms with Gasteiger partial charge in [-0.1, -0.05) is 5.10 Å². The highest BCUT2D eigenvalue weighted by Gasteiger charge is 2.28. The number of hydrogen-bond donors (Lipinski definition) is 3. The Morgan fingerprint density at radius 3 is 2.84 bits per heavy atom. The zero-order valence-electron chi connectivity index (χ0n) is 10.3. The van der Waals surface area contributed by atoms with Crippen molar-refractivity contribution in [2.75, 3.05) is 5.32 Å². The summed E-state index contributed by atoms with van der Waals surface area (Å²) in [6.07, 6.45) is 3.13. The SMILES string of the molecule is O=C1CCC(Nc2nnc(CNC3CC3)o2)C(=O)N1. The molecule has 1 aliphatic heterocycles. The molecule has 2 heterocycles. The molecule has 1 saturated carbocycles. The Morgan fingerprint density at radius 2 is 2.11 bits per heavy atom. The zero-order chi connectivity index (χ0) is 13.2. The van der Waals surface area contributed by atoms with E-state index in [4.69, 9.17) is 4.42 Å². The molecule has 1 aliphatic carbocycles. The average Bonchev–Trinajstić information content (AvgIpc) is 3.10. The van der Waals surface area contributed by atoms with Crippen LogP contribution in [0.4, 0.5) is 6.01 Å². The molecule has 19 heavy (non-hydrogen) atoms. The molecule has 0 spiro atoms. The monoisotopic (exact) mass is 265 g/mol. The first-order valence-electron chi connectivity index (χ1n) is 6.37. The lowest BCUT2D eigenvalue weighted by Crippen LogP contribution is -2.47. The third kappa shape index (κ3) is 3.08. The van der Waals surface area contributed by atoms with Gasteiger partial charge in [0.2, 0.25) is 17.7 Å². The number of piperidine rings is 1. The first kappa shape index (κ1) is 12.1. The number of carbonyl (C=O) groups excluding carboxylic acids is 2. The van der Waals surface area contributed by atoms with Gasteiger partial charge >= 0.3 is 6.01 Å². The number of amides is 2. The molecule has 0 aromatic carbocycles. The van der Waals surface area contributed by atoms with E-state index in [2.05, 4.69) is 26.1 Å². The summed E-state index contributed by atoms with van der Waals surface area (Å²) in [5.41, 5.74) is 0. The summed E-state index contributed by atoms with van der Waals surface area (Å²) in [5, 5.41) is 16.1. The Bertz CT molecular complexity index is 496. The van der Waals surface area contributed by atoms with Crippen LogP contribution in [0.25, 0.3) is 0 Å². The predicted molar refractivity (Wildman–Crippen MR) is 64.0 cm³/mol. The standard InChI is InChI=1S/C11H15N5O3/c17-8-4-3-7(10(18)14-8)13-11-16-15-9(19-11)5-12-6-1-2-6/h6-7,12H,1-5H2,(H,13,16)(H,14,17,18). The summed E-state index contributed by atoms with van der Waals surface area (Å²) >= 11 is 0. The maximum absolute atomic E-state index is 11.5. The van der Waals surface area contributed by atoms with Gasteiger partial charge in [-0.15, -0.1) is 5.10 Å². The Balaban J connectivity index is 1.54. The van der Waals surface area contributed by atoms with Crippen LogP contribution in [0.3, 0.4) is 0 Å². The average molecular weight is 265 g/mol. The lowest BCUT2D eigenvalue weighted by Gasteiger charge is -2.20. The van der Waals surface area contributed by atoms with E-state index in [1.807, 2.05) is 0 Å². The van der Waals surface area contributed by atoms with Crippen molar-refractivity contribution in [3.05, 3.63) is 5.89 Å². The summed E-state index contributed by atoms with van der Waals surface area (Å²) < 4.78 is 5.38. The minimum Gasteiger partial charge on any atom is -0.407 e. The minimum absolute atomic E-state index is 0.210. The third-order valence-corrected chi connectivity index (χ3v) is 3.12. The van der Waals surface area contributed by atoms with Crippen molar-refractivity contribution in [2.24, 2.45) is 0 Å². The lowest BCUT2D eigenvalue weighted by molar-refractivity contribution is -0.133. The van der Waals surface area contributed by atoms with Crippen LogP contribution in [0, 0.1) is 0 Å². The zero-order valence-corrected chi connectivity index (χ0v) is 10.3. The van der Waals surface area contributed by atoms with Crippen molar-refractivity contribution in [1.29, 1.82) is 0 Å². The normalized spacial score (nSPS) is 23.3. The second kappa shape index (κ2) is 4.96. The van der Waals surface area contributed by atoms with E-state index in [1.54, 1.807) is 0 Å². The Kier molecular flexibility index (Phi) is 3.16. The fourth-order valence-corrected chi connectivity index (χ4v) is 1.88. The number of nitrogens with zero attached hydrogens (tertiary/aromatic N) is 2. The number of imide groups is 1. The van der Waals surface area contributed by atoms with E-state index >= 15 is 0 Å². The van der Waals surface area contributed by atoms with Gasteiger partial charge in [0.1, 0.15) is 6.04 Å². The molecule has 0 radical (unpaired) electrons. The van der Waals surface area contributed by atoms with Crippen LogP contribution < -0.4 is 16.0 Å². The molecule has 1 saturated heterocycles. The fraction of sp³-hybridized carbons (Fsp3) is 0.636. The maximum atomic E-state index is 11.5. The van der Waals surface area contributed by atoms with E-state index in [1.165, 1.54) is 12.8 Å². The van der Waals surface area contributed by atoms with Crippen molar-refractivity contribution in [3.63, 3.8) is 0 Å². The first-order valence-corrected chi connectivity index (χ1v) is 6.37. The van der Waals surface area contributed by atoms with Crippen LogP contribution in [0.5, 0.6) is 0 Å². The molecule has 0 bridgehead atoms. The Morgan fingerprint density at radius 1 is 1.26 bits per heavy atom. The minimum atomic E-state index is -0.498. The van der Waals surface area contributed by atoms with Gasteiger partial charge in [-0.2, -0.15) is 0 Å². The highest BCUT2D eigenvalue weighted by atomic mass is 16.4. The van der Waals surface area contributed by atoms with E-state index in [-0.39, 0.29) is 17.8 Å². The molecule has 2 aliphatic rings. The molecule has 1 atom stereocenters. The number of hydrogen-bond acceptors (Lipinski definition) is 7. The second-order valence-corrected chi connectivity index (χ2v) is 4.80. The molecule has 1 aromatic heterocycles. The van der Waals surface area contributed by atoms with Gasteiger partial charge < -0.3 is 15.1 Å². The van der Waals surface area contributed by atoms with Crippen LogP contribution >= 0.6 is 0 Å². The maximum Gasteiger partial charge on any atom is 0.316 e. The van der Waals surface area contributed by atoms with Crippen molar-refractivity contribution in [2.45, 2.75) is 44.3 Å². The lowest BCUT2D eigenvalue weighted by atomic mass is 10.1. The first-order chi connectivity index (χ1) is 9.20. The molecule has 2 fully saturated rings. The van der Waals surface area contributed by atoms with E-state index in [9.17, 15) is 9.59 Å². The van der Waals surface area contributed by atoms with Gasteiger partial charge in [0.25, 0.3) is 0 Å². The Hall–Kier alpha value is -1.96. The van der Waals surface area contributed by atoms with Crippen LogP contribution in [0.2, 0.25) is 0 Å². The van der Waals surface area contributed by atoms with Crippen LogP contribution in [-0.4, -0.2) is 34.1 Å². The predicted octanol–water partition coefficient (Wildman–Crippen LogP) is -0.461. The molecule has 102 valence electrons. The van der Waals surface area contributed by atoms with E-state index < -0.39 is 6.04 Å². The molecular formula is C11H15N5O3. The largest absolute Gasteiger partial charge is 0.407 e. The van der Waals surface area contributed by atoms with Crippen molar-refractivity contribution < 1.29 is 14.0 Å². The van der Waals surface area contributed by atoms with Crippen molar-refractivity contribution in [1.82, 2.24) is 20.8 Å². The summed E-state index contributed by atoms with van der Waals surface area (Å²) in [6.45, 7) is 0.536. The second-order valence-electron chi connectivity index (χ2n) is 4.80. The van der Waals surface area contributed by atoms with Gasteiger partial charge in [-0.05, 0) is 19.3 Å². The molecular weight excluding hydrogens is 250 g/mol. The molecule has 8 nitrogen and oxygen atoms in total.